The summed E-state index contributed by atoms with van der Waals surface area (Å²) >= 11 is 0. The van der Waals surface area contributed by atoms with Crippen molar-refractivity contribution in [3.8, 4) is 0 Å². The van der Waals surface area contributed by atoms with Crippen LogP contribution in [0, 0.1) is 29.1 Å². The molecule has 0 radical (unpaired) electrons. The highest BCUT2D eigenvalue weighted by Gasteiger charge is 2.26. The Morgan fingerprint density at radius 3 is 2.12 bits per heavy atom. The van der Waals surface area contributed by atoms with Gasteiger partial charge in [-0.05, 0) is 12.1 Å². The molecule has 0 aliphatic rings. The number of nitrogens with one attached hydrogen (secondary N) is 1. The normalized spacial score (nSPS) is 11.0. The van der Waals surface area contributed by atoms with E-state index in [0.29, 0.717) is 10.9 Å². The lowest BCUT2D eigenvalue weighted by Crippen LogP contribution is -2.12. The van der Waals surface area contributed by atoms with Crippen LogP contribution in [0.3, 0.4) is 0 Å². The predicted molar refractivity (Wildman–Crippen MR) is 73.7 cm³/mol. The summed E-state index contributed by atoms with van der Waals surface area (Å²) in [7, 11) is 0. The minimum atomic E-state index is -2.27. The van der Waals surface area contributed by atoms with E-state index in [9.17, 15) is 26.7 Å². The molecular formula is C16H8F5NO2. The maximum Gasteiger partial charge on any atom is 0.355 e. The molecular weight excluding hydrogens is 333 g/mol. The van der Waals surface area contributed by atoms with Crippen molar-refractivity contribution in [2.24, 2.45) is 0 Å². The van der Waals surface area contributed by atoms with Crippen molar-refractivity contribution in [1.29, 1.82) is 0 Å². The molecule has 0 spiro atoms. The summed E-state index contributed by atoms with van der Waals surface area (Å²) in [5.74, 6) is -11.5. The van der Waals surface area contributed by atoms with Gasteiger partial charge in [-0.15, -0.1) is 0 Å². The summed E-state index contributed by atoms with van der Waals surface area (Å²) in [6.07, 6.45) is 0. The number of fused-ring (bicyclic) bond motifs is 1. The maximum absolute atomic E-state index is 13.5. The van der Waals surface area contributed by atoms with Gasteiger partial charge in [-0.2, -0.15) is 0 Å². The molecule has 1 N–H and O–H groups in total. The zero-order valence-corrected chi connectivity index (χ0v) is 11.8. The summed E-state index contributed by atoms with van der Waals surface area (Å²) in [5, 5.41) is 0.695. The Bertz CT molecular complexity index is 889. The molecule has 0 bridgehead atoms. The number of aromatic nitrogens is 1. The van der Waals surface area contributed by atoms with E-state index in [2.05, 4.69) is 9.72 Å². The molecule has 0 atom stereocenters. The highest BCUT2D eigenvalue weighted by Crippen LogP contribution is 2.24. The number of benzene rings is 2. The summed E-state index contributed by atoms with van der Waals surface area (Å²) < 4.78 is 70.8. The van der Waals surface area contributed by atoms with Crippen LogP contribution in [-0.2, 0) is 11.3 Å². The first-order valence-corrected chi connectivity index (χ1v) is 6.65. The number of aromatic amines is 1. The van der Waals surface area contributed by atoms with Gasteiger partial charge in [0.2, 0.25) is 5.82 Å². The predicted octanol–water partition coefficient (Wildman–Crippen LogP) is 4.22. The molecule has 1 aromatic heterocycles. The number of ether oxygens (including phenoxy) is 1. The second kappa shape index (κ2) is 5.95. The monoisotopic (exact) mass is 341 g/mol. The molecule has 0 saturated carbocycles. The molecule has 0 unspecified atom stereocenters. The first-order chi connectivity index (χ1) is 11.4. The molecule has 124 valence electrons. The second-order valence-electron chi connectivity index (χ2n) is 4.89. The van der Waals surface area contributed by atoms with Gasteiger partial charge >= 0.3 is 5.97 Å². The number of halogens is 5. The maximum atomic E-state index is 13.5. The van der Waals surface area contributed by atoms with Crippen LogP contribution in [0.5, 0.6) is 0 Å². The fraction of sp³-hybridized carbons (Fsp3) is 0.0625. The van der Waals surface area contributed by atoms with Crippen molar-refractivity contribution in [3.63, 3.8) is 0 Å². The quantitative estimate of drug-likeness (QED) is 0.335. The van der Waals surface area contributed by atoms with E-state index in [1.54, 1.807) is 24.3 Å². The first-order valence-electron chi connectivity index (χ1n) is 6.65. The zero-order valence-electron chi connectivity index (χ0n) is 11.8. The SMILES string of the molecule is O=C(OCc1c(F)c(F)c(F)c(F)c1F)c1cc2ccccc2[nH]1. The Kier molecular flexibility index (Phi) is 3.96. The summed E-state index contributed by atoms with van der Waals surface area (Å²) in [6, 6.07) is 8.31. The van der Waals surface area contributed by atoms with E-state index in [1.165, 1.54) is 6.07 Å². The van der Waals surface area contributed by atoms with Crippen LogP contribution in [0.25, 0.3) is 10.9 Å². The summed E-state index contributed by atoms with van der Waals surface area (Å²) in [5.41, 5.74) is -0.600. The molecule has 0 amide bonds. The van der Waals surface area contributed by atoms with Crippen LogP contribution >= 0.6 is 0 Å². The number of hydrogen-bond donors (Lipinski definition) is 1. The minimum Gasteiger partial charge on any atom is -0.456 e. The van der Waals surface area contributed by atoms with E-state index < -0.39 is 47.2 Å². The Hall–Kier alpha value is -2.90. The Morgan fingerprint density at radius 2 is 1.50 bits per heavy atom. The second-order valence-corrected chi connectivity index (χ2v) is 4.89. The van der Waals surface area contributed by atoms with Gasteiger partial charge in [0, 0.05) is 10.9 Å². The van der Waals surface area contributed by atoms with Crippen molar-refractivity contribution >= 4 is 16.9 Å². The molecule has 3 aromatic rings. The van der Waals surface area contributed by atoms with Gasteiger partial charge in [0.05, 0.1) is 5.56 Å². The molecule has 8 heteroatoms. The number of H-pyrrole nitrogens is 1. The number of para-hydroxylation sites is 1. The van der Waals surface area contributed by atoms with E-state index in [-0.39, 0.29) is 5.69 Å². The van der Waals surface area contributed by atoms with Crippen LogP contribution in [0.2, 0.25) is 0 Å². The van der Waals surface area contributed by atoms with Crippen LogP contribution in [0.4, 0.5) is 22.0 Å². The van der Waals surface area contributed by atoms with E-state index in [0.717, 1.165) is 0 Å². The molecule has 3 nitrogen and oxygen atoms in total. The minimum absolute atomic E-state index is 0.0138. The van der Waals surface area contributed by atoms with Crippen LogP contribution < -0.4 is 0 Å². The number of rotatable bonds is 3. The zero-order chi connectivity index (χ0) is 17.4. The Labute approximate surface area is 131 Å². The van der Waals surface area contributed by atoms with Gasteiger partial charge in [-0.25, -0.2) is 26.7 Å². The lowest BCUT2D eigenvalue weighted by molar-refractivity contribution is 0.0456. The smallest absolute Gasteiger partial charge is 0.355 e. The molecule has 0 saturated heterocycles. The van der Waals surface area contributed by atoms with Crippen LogP contribution in [0.1, 0.15) is 16.1 Å². The van der Waals surface area contributed by atoms with Gasteiger partial charge in [0.1, 0.15) is 12.3 Å². The lowest BCUT2D eigenvalue weighted by atomic mass is 10.2. The van der Waals surface area contributed by atoms with Gasteiger partial charge < -0.3 is 9.72 Å². The highest BCUT2D eigenvalue weighted by atomic mass is 19.2. The van der Waals surface area contributed by atoms with Crippen molar-refractivity contribution < 1.29 is 31.5 Å². The molecule has 3 rings (SSSR count). The third-order valence-corrected chi connectivity index (χ3v) is 3.40. The Morgan fingerprint density at radius 1 is 0.917 bits per heavy atom. The molecule has 2 aromatic carbocycles. The van der Waals surface area contributed by atoms with Crippen molar-refractivity contribution in [2.45, 2.75) is 6.61 Å². The van der Waals surface area contributed by atoms with Crippen LogP contribution in [0.15, 0.2) is 30.3 Å². The number of esters is 1. The van der Waals surface area contributed by atoms with E-state index in [1.807, 2.05) is 0 Å². The fourth-order valence-corrected chi connectivity index (χ4v) is 2.18. The summed E-state index contributed by atoms with van der Waals surface area (Å²) in [4.78, 5) is 14.6. The summed E-state index contributed by atoms with van der Waals surface area (Å²) in [6.45, 7) is -1.10. The third kappa shape index (κ3) is 2.60. The number of carbonyl (C=O) groups is 1. The highest BCUT2D eigenvalue weighted by molar-refractivity contribution is 5.94. The molecule has 0 fully saturated rings. The average molecular weight is 341 g/mol. The van der Waals surface area contributed by atoms with E-state index in [4.69, 9.17) is 0 Å². The fourth-order valence-electron chi connectivity index (χ4n) is 2.18. The van der Waals surface area contributed by atoms with Crippen molar-refractivity contribution in [2.75, 3.05) is 0 Å². The standard InChI is InChI=1S/C16H8F5NO2/c17-11-8(12(18)14(20)15(21)13(11)19)6-24-16(23)10-5-7-3-1-2-4-9(7)22-10/h1-5,22H,6H2. The number of hydrogen-bond acceptors (Lipinski definition) is 2. The molecule has 0 aliphatic carbocycles. The third-order valence-electron chi connectivity index (χ3n) is 3.40. The molecule has 0 aliphatic heterocycles. The lowest BCUT2D eigenvalue weighted by Gasteiger charge is -2.08. The van der Waals surface area contributed by atoms with Gasteiger partial charge in [0.25, 0.3) is 0 Å². The first kappa shape index (κ1) is 16.0. The molecule has 24 heavy (non-hydrogen) atoms. The average Bonchev–Trinajstić information content (AvgIpc) is 3.02. The number of carbonyl (C=O) groups excluding carboxylic acids is 1. The van der Waals surface area contributed by atoms with Crippen molar-refractivity contribution in [3.05, 3.63) is 70.7 Å². The largest absolute Gasteiger partial charge is 0.456 e. The van der Waals surface area contributed by atoms with Crippen LogP contribution in [-0.4, -0.2) is 11.0 Å². The van der Waals surface area contributed by atoms with Gasteiger partial charge in [0.15, 0.2) is 23.3 Å². The van der Waals surface area contributed by atoms with E-state index >= 15 is 0 Å². The topological polar surface area (TPSA) is 42.1 Å². The molecule has 1 heterocycles. The van der Waals surface area contributed by atoms with Gasteiger partial charge in [-0.3, -0.25) is 0 Å². The van der Waals surface area contributed by atoms with Crippen molar-refractivity contribution in [1.82, 2.24) is 4.98 Å². The Balaban J connectivity index is 1.84. The van der Waals surface area contributed by atoms with Gasteiger partial charge in [-0.1, -0.05) is 18.2 Å².